The summed E-state index contributed by atoms with van der Waals surface area (Å²) < 4.78 is 5.15. The lowest BCUT2D eigenvalue weighted by atomic mass is 10.2. The van der Waals surface area contributed by atoms with E-state index in [1.807, 2.05) is 0 Å². The summed E-state index contributed by atoms with van der Waals surface area (Å²) in [6, 6.07) is 5.57. The molecule has 0 N–H and O–H groups in total. The van der Waals surface area contributed by atoms with Crippen LogP contribution in [0.25, 0.3) is 11.6 Å². The summed E-state index contributed by atoms with van der Waals surface area (Å²) >= 11 is 1.23. The lowest BCUT2D eigenvalue weighted by molar-refractivity contribution is 0.102. The Morgan fingerprint density at radius 3 is 2.89 bits per heavy atom. The van der Waals surface area contributed by atoms with Crippen LogP contribution in [0.3, 0.4) is 0 Å². The summed E-state index contributed by atoms with van der Waals surface area (Å²) in [6.07, 6.45) is 3.15. The summed E-state index contributed by atoms with van der Waals surface area (Å²) in [7, 11) is 0. The number of hydrogen-bond donors (Lipinski definition) is 0. The zero-order valence-electron chi connectivity index (χ0n) is 9.93. The van der Waals surface area contributed by atoms with Crippen LogP contribution >= 0.6 is 11.3 Å². The first-order valence-electron chi connectivity index (χ1n) is 5.26. The maximum atomic E-state index is 11.4. The molecule has 0 spiro atoms. The van der Waals surface area contributed by atoms with Crippen LogP contribution in [0.5, 0.6) is 0 Å². The molecule has 2 rings (SSSR count). The molecule has 0 aromatic carbocycles. The Labute approximate surface area is 108 Å². The van der Waals surface area contributed by atoms with Gasteiger partial charge in [-0.05, 0) is 19.1 Å². The van der Waals surface area contributed by atoms with Crippen molar-refractivity contribution in [3.8, 4) is 6.07 Å². The molecule has 0 aliphatic heterocycles. The van der Waals surface area contributed by atoms with Crippen LogP contribution in [0.1, 0.15) is 33.1 Å². The number of nitriles is 1. The van der Waals surface area contributed by atoms with Crippen molar-refractivity contribution in [1.82, 2.24) is 4.98 Å². The van der Waals surface area contributed by atoms with E-state index in [0.29, 0.717) is 26.9 Å². The molecule has 2 aromatic rings. The van der Waals surface area contributed by atoms with Crippen molar-refractivity contribution in [2.45, 2.75) is 13.8 Å². The van der Waals surface area contributed by atoms with E-state index in [1.54, 1.807) is 25.1 Å². The van der Waals surface area contributed by atoms with E-state index in [4.69, 9.17) is 9.68 Å². The van der Waals surface area contributed by atoms with E-state index >= 15 is 0 Å². The fourth-order valence-corrected chi connectivity index (χ4v) is 2.42. The van der Waals surface area contributed by atoms with Gasteiger partial charge in [0, 0.05) is 13.0 Å². The quantitative estimate of drug-likeness (QED) is 0.625. The third-order valence-electron chi connectivity index (χ3n) is 2.30. The molecule has 0 atom stereocenters. The van der Waals surface area contributed by atoms with Crippen LogP contribution in [-0.4, -0.2) is 10.8 Å². The highest BCUT2D eigenvalue weighted by Gasteiger charge is 2.14. The largest absolute Gasteiger partial charge is 0.465 e. The Morgan fingerprint density at radius 2 is 2.39 bits per heavy atom. The van der Waals surface area contributed by atoms with Crippen LogP contribution in [0.15, 0.2) is 22.8 Å². The zero-order valence-corrected chi connectivity index (χ0v) is 10.7. The third-order valence-corrected chi connectivity index (χ3v) is 3.59. The lowest BCUT2D eigenvalue weighted by Crippen LogP contribution is -1.89. The summed E-state index contributed by atoms with van der Waals surface area (Å²) in [4.78, 5) is 16.2. The van der Waals surface area contributed by atoms with E-state index < -0.39 is 0 Å². The maximum Gasteiger partial charge on any atom is 0.171 e. The van der Waals surface area contributed by atoms with E-state index in [9.17, 15) is 4.79 Å². The van der Waals surface area contributed by atoms with Crippen molar-refractivity contribution < 1.29 is 9.21 Å². The van der Waals surface area contributed by atoms with Gasteiger partial charge in [0.05, 0.1) is 22.4 Å². The number of aromatic nitrogens is 1. The van der Waals surface area contributed by atoms with E-state index in [0.717, 1.165) is 0 Å². The lowest BCUT2D eigenvalue weighted by Gasteiger charge is -1.90. The molecular formula is C13H10N2O2S. The zero-order chi connectivity index (χ0) is 13.1. The Hall–Kier alpha value is -2.19. The summed E-state index contributed by atoms with van der Waals surface area (Å²) in [6.45, 7) is 3.26. The number of thiazole rings is 1. The summed E-state index contributed by atoms with van der Waals surface area (Å²) in [5, 5.41) is 9.68. The molecule has 18 heavy (non-hydrogen) atoms. The van der Waals surface area contributed by atoms with Gasteiger partial charge < -0.3 is 4.42 Å². The van der Waals surface area contributed by atoms with Crippen LogP contribution in [0.2, 0.25) is 0 Å². The van der Waals surface area contributed by atoms with Crippen molar-refractivity contribution in [1.29, 1.82) is 5.26 Å². The van der Waals surface area contributed by atoms with Gasteiger partial charge in [0.1, 0.15) is 16.8 Å². The van der Waals surface area contributed by atoms with Crippen LogP contribution in [-0.2, 0) is 0 Å². The van der Waals surface area contributed by atoms with Gasteiger partial charge in [0.25, 0.3) is 0 Å². The fourth-order valence-electron chi connectivity index (χ4n) is 1.50. The predicted octanol–water partition coefficient (Wildman–Crippen LogP) is 3.31. The number of nitrogens with zero attached hydrogens (tertiary/aromatic N) is 2. The normalized spacial score (nSPS) is 11.3. The van der Waals surface area contributed by atoms with Gasteiger partial charge in [-0.15, -0.1) is 11.3 Å². The van der Waals surface area contributed by atoms with E-state index in [1.165, 1.54) is 24.5 Å². The van der Waals surface area contributed by atoms with Gasteiger partial charge in [-0.1, -0.05) is 0 Å². The number of ketones is 1. The van der Waals surface area contributed by atoms with Crippen molar-refractivity contribution in [3.63, 3.8) is 0 Å². The van der Waals surface area contributed by atoms with Crippen LogP contribution in [0.4, 0.5) is 0 Å². The minimum absolute atomic E-state index is 0.0356. The molecule has 0 saturated carbocycles. The second kappa shape index (κ2) is 4.98. The topological polar surface area (TPSA) is 66.9 Å². The number of hydrogen-bond acceptors (Lipinski definition) is 5. The van der Waals surface area contributed by atoms with Crippen molar-refractivity contribution in [3.05, 3.63) is 39.7 Å². The average Bonchev–Trinajstić information content (AvgIpc) is 2.94. The Balaban J connectivity index is 2.44. The molecular weight excluding hydrogens is 248 g/mol. The average molecular weight is 258 g/mol. The highest BCUT2D eigenvalue weighted by molar-refractivity contribution is 7.15. The molecule has 90 valence electrons. The second-order valence-electron chi connectivity index (χ2n) is 3.67. The summed E-state index contributed by atoms with van der Waals surface area (Å²) in [5.41, 5.74) is 1.05. The van der Waals surface area contributed by atoms with Gasteiger partial charge in [-0.25, -0.2) is 4.98 Å². The predicted molar refractivity (Wildman–Crippen MR) is 69.0 cm³/mol. The number of furan rings is 1. The standard InChI is InChI=1S/C13H10N2O2S/c1-8-12(9(2)16)18-13(15-8)10(7-14)6-11-4-3-5-17-11/h3-6H,1-2H3. The first kappa shape index (κ1) is 12.3. The second-order valence-corrected chi connectivity index (χ2v) is 4.67. The van der Waals surface area contributed by atoms with Crippen molar-refractivity contribution in [2.24, 2.45) is 0 Å². The van der Waals surface area contributed by atoms with E-state index in [-0.39, 0.29) is 5.78 Å². The Bertz CT molecular complexity index is 645. The number of carbonyl (C=O) groups excluding carboxylic acids is 1. The molecule has 2 heterocycles. The highest BCUT2D eigenvalue weighted by Crippen LogP contribution is 2.26. The van der Waals surface area contributed by atoms with Gasteiger partial charge in [-0.2, -0.15) is 5.26 Å². The molecule has 0 unspecified atom stereocenters. The van der Waals surface area contributed by atoms with Crippen LogP contribution in [0, 0.1) is 18.3 Å². The van der Waals surface area contributed by atoms with Crippen molar-refractivity contribution >= 4 is 28.8 Å². The van der Waals surface area contributed by atoms with Gasteiger partial charge in [0.15, 0.2) is 5.78 Å². The number of allylic oxidation sites excluding steroid dienone is 1. The minimum Gasteiger partial charge on any atom is -0.465 e. The first-order valence-corrected chi connectivity index (χ1v) is 6.07. The van der Waals surface area contributed by atoms with Gasteiger partial charge in [-0.3, -0.25) is 4.79 Å². The SMILES string of the molecule is CC(=O)c1sc(C(C#N)=Cc2ccco2)nc1C. The molecule has 0 fully saturated rings. The third kappa shape index (κ3) is 2.39. The van der Waals surface area contributed by atoms with Gasteiger partial charge >= 0.3 is 0 Å². The first-order chi connectivity index (χ1) is 8.61. The number of aryl methyl sites for hydroxylation is 1. The molecule has 5 heteroatoms. The van der Waals surface area contributed by atoms with Crippen LogP contribution < -0.4 is 0 Å². The number of rotatable bonds is 3. The summed E-state index contributed by atoms with van der Waals surface area (Å²) in [5.74, 6) is 0.551. The van der Waals surface area contributed by atoms with Crippen molar-refractivity contribution in [2.75, 3.05) is 0 Å². The maximum absolute atomic E-state index is 11.4. The molecule has 0 bridgehead atoms. The smallest absolute Gasteiger partial charge is 0.171 e. The Kier molecular flexibility index (Phi) is 3.40. The molecule has 0 saturated heterocycles. The van der Waals surface area contributed by atoms with E-state index in [2.05, 4.69) is 11.1 Å². The monoisotopic (exact) mass is 258 g/mol. The molecule has 0 amide bonds. The highest BCUT2D eigenvalue weighted by atomic mass is 32.1. The molecule has 0 aliphatic rings. The van der Waals surface area contributed by atoms with Gasteiger partial charge in [0.2, 0.25) is 0 Å². The number of carbonyl (C=O) groups is 1. The molecule has 4 nitrogen and oxygen atoms in total. The fraction of sp³-hybridized carbons (Fsp3) is 0.154. The minimum atomic E-state index is -0.0356. The molecule has 2 aromatic heterocycles. The number of Topliss-reactive ketones (excluding diaryl/α,β-unsaturated/α-hetero) is 1. The Morgan fingerprint density at radius 1 is 1.61 bits per heavy atom. The molecule has 0 aliphatic carbocycles. The molecule has 0 radical (unpaired) electrons.